The summed E-state index contributed by atoms with van der Waals surface area (Å²) in [5.41, 5.74) is 2.15. The van der Waals surface area contributed by atoms with Crippen LogP contribution in [0.3, 0.4) is 0 Å². The average molecular weight is 741 g/mol. The van der Waals surface area contributed by atoms with Crippen LogP contribution in [0.1, 0.15) is 92.0 Å². The summed E-state index contributed by atoms with van der Waals surface area (Å²) in [4.78, 5) is 39.2. The van der Waals surface area contributed by atoms with Crippen molar-refractivity contribution in [1.82, 2.24) is 0 Å². The Hall–Kier alpha value is -5.84. The van der Waals surface area contributed by atoms with E-state index in [1.165, 1.54) is 12.1 Å². The third-order valence-electron chi connectivity index (χ3n) is 12.5. The van der Waals surface area contributed by atoms with Crippen LogP contribution < -0.4 is 0 Å². The molecule has 0 radical (unpaired) electrons. The number of non-ortho nitro benzene ring substituents is 2. The van der Waals surface area contributed by atoms with Crippen molar-refractivity contribution in [2.75, 3.05) is 6.54 Å². The molecule has 280 valence electrons. The van der Waals surface area contributed by atoms with Crippen molar-refractivity contribution < 1.29 is 33.8 Å². The number of nitro benzene ring substituents is 2. The maximum absolute atomic E-state index is 15.8. The SMILES string of the molecule is O=C(OC1CCCCC1)C1([N+]2=C(c3cc([N+](=O)[O-])cc([N+](=O)[O-])c3)c3ccccc3CC2)/C(=C(\O)OC2CCCCC2)C12c1ccccc1-c1ccccc12. The Kier molecular flexibility index (Phi) is 8.55. The molecule has 11 nitrogen and oxygen atoms in total. The molecule has 4 aromatic carbocycles. The van der Waals surface area contributed by atoms with Gasteiger partial charge in [-0.05, 0) is 85.3 Å². The summed E-state index contributed by atoms with van der Waals surface area (Å²) in [6, 6.07) is 27.0. The van der Waals surface area contributed by atoms with Crippen LogP contribution in [0.15, 0.2) is 103 Å². The number of rotatable bonds is 8. The lowest BCUT2D eigenvalue weighted by atomic mass is 9.85. The second-order valence-electron chi connectivity index (χ2n) is 15.4. The number of benzene rings is 4. The maximum Gasteiger partial charge on any atom is 0.385 e. The molecule has 1 unspecified atom stereocenters. The van der Waals surface area contributed by atoms with Gasteiger partial charge in [-0.25, -0.2) is 9.37 Å². The number of carbonyl (C=O) groups is 1. The zero-order chi connectivity index (χ0) is 37.9. The molecule has 4 aromatic rings. The van der Waals surface area contributed by atoms with Crippen molar-refractivity contribution in [2.45, 2.75) is 93.8 Å². The smallest absolute Gasteiger partial charge is 0.385 e. The Morgan fingerprint density at radius 3 is 1.76 bits per heavy atom. The Bertz CT molecular complexity index is 2240. The van der Waals surface area contributed by atoms with Crippen LogP contribution in [0.5, 0.6) is 0 Å². The van der Waals surface area contributed by atoms with Crippen molar-refractivity contribution in [3.63, 3.8) is 0 Å². The van der Waals surface area contributed by atoms with Gasteiger partial charge < -0.3 is 14.6 Å². The number of aliphatic hydroxyl groups excluding tert-OH is 1. The van der Waals surface area contributed by atoms with Crippen LogP contribution in [0.4, 0.5) is 11.4 Å². The normalized spacial score (nSPS) is 22.3. The van der Waals surface area contributed by atoms with E-state index in [1.54, 1.807) is 0 Å². The van der Waals surface area contributed by atoms with Gasteiger partial charge in [-0.1, -0.05) is 79.6 Å². The van der Waals surface area contributed by atoms with Crippen LogP contribution in [0.25, 0.3) is 11.1 Å². The van der Waals surface area contributed by atoms with Gasteiger partial charge in [-0.3, -0.25) is 20.2 Å². The van der Waals surface area contributed by atoms with Crippen molar-refractivity contribution in [3.05, 3.63) is 151 Å². The molecule has 0 aromatic heterocycles. The maximum atomic E-state index is 15.8. The lowest BCUT2D eigenvalue weighted by molar-refractivity contribution is -0.569. The lowest BCUT2D eigenvalue weighted by Gasteiger charge is -2.29. The van der Waals surface area contributed by atoms with E-state index >= 15 is 4.79 Å². The molecule has 0 amide bonds. The minimum absolute atomic E-state index is 0.214. The molecule has 1 atom stereocenters. The molecule has 1 N–H and O–H groups in total. The van der Waals surface area contributed by atoms with Crippen LogP contribution in [-0.2, 0) is 26.1 Å². The lowest BCUT2D eigenvalue weighted by Crippen LogP contribution is -2.51. The fourth-order valence-electron chi connectivity index (χ4n) is 10.2. The number of hydrogen-bond donors (Lipinski definition) is 1. The number of ether oxygens (including phenoxy) is 2. The summed E-state index contributed by atoms with van der Waals surface area (Å²) in [6.07, 6.45) is 8.77. The van der Waals surface area contributed by atoms with Gasteiger partial charge in [0.15, 0.2) is 0 Å². The fraction of sp³-hybridized carbons (Fsp3) is 0.364. The largest absolute Gasteiger partial charge is 0.481 e. The van der Waals surface area contributed by atoms with E-state index in [0.29, 0.717) is 36.1 Å². The van der Waals surface area contributed by atoms with E-state index in [4.69, 9.17) is 9.47 Å². The number of nitrogens with zero attached hydrogens (tertiary/aromatic N) is 3. The van der Waals surface area contributed by atoms with Gasteiger partial charge in [-0.15, -0.1) is 0 Å². The zero-order valence-corrected chi connectivity index (χ0v) is 30.4. The summed E-state index contributed by atoms with van der Waals surface area (Å²) >= 11 is 0. The van der Waals surface area contributed by atoms with Gasteiger partial charge in [0.25, 0.3) is 17.3 Å². The van der Waals surface area contributed by atoms with Gasteiger partial charge in [0.2, 0.25) is 5.71 Å². The first-order valence-corrected chi connectivity index (χ1v) is 19.4. The summed E-state index contributed by atoms with van der Waals surface area (Å²) in [5.74, 6) is -0.862. The van der Waals surface area contributed by atoms with E-state index < -0.39 is 38.1 Å². The molecule has 55 heavy (non-hydrogen) atoms. The van der Waals surface area contributed by atoms with Crippen molar-refractivity contribution in [3.8, 4) is 11.1 Å². The second-order valence-corrected chi connectivity index (χ2v) is 15.4. The number of carbonyl (C=O) groups excluding carboxylic acids is 1. The molecule has 0 saturated heterocycles. The zero-order valence-electron chi connectivity index (χ0n) is 30.4. The van der Waals surface area contributed by atoms with Gasteiger partial charge >= 0.3 is 11.5 Å². The molecule has 1 aliphatic heterocycles. The summed E-state index contributed by atoms with van der Waals surface area (Å²) < 4.78 is 15.1. The topological polar surface area (TPSA) is 145 Å². The number of hydrogen-bond acceptors (Lipinski definition) is 8. The molecule has 11 heteroatoms. The number of fused-ring (bicyclic) bond motifs is 6. The van der Waals surface area contributed by atoms with Crippen LogP contribution in [0, 0.1) is 20.2 Å². The first-order chi connectivity index (χ1) is 26.8. The third kappa shape index (κ3) is 5.30. The second kappa shape index (κ2) is 13.5. The van der Waals surface area contributed by atoms with E-state index in [1.807, 2.05) is 77.4 Å². The molecule has 3 saturated carbocycles. The number of esters is 1. The van der Waals surface area contributed by atoms with Crippen molar-refractivity contribution >= 4 is 23.1 Å². The highest BCUT2D eigenvalue weighted by atomic mass is 16.6. The third-order valence-corrected chi connectivity index (χ3v) is 12.5. The van der Waals surface area contributed by atoms with Gasteiger partial charge in [0.05, 0.1) is 21.5 Å². The van der Waals surface area contributed by atoms with Crippen molar-refractivity contribution in [2.24, 2.45) is 0 Å². The highest BCUT2D eigenvalue weighted by Crippen LogP contribution is 2.75. The summed E-state index contributed by atoms with van der Waals surface area (Å²) in [7, 11) is 0. The molecular weight excluding hydrogens is 698 g/mol. The molecule has 0 bridgehead atoms. The van der Waals surface area contributed by atoms with Crippen LogP contribution >= 0.6 is 0 Å². The van der Waals surface area contributed by atoms with Crippen LogP contribution in [0.2, 0.25) is 0 Å². The number of aliphatic hydroxyl groups is 1. The molecule has 3 fully saturated rings. The van der Waals surface area contributed by atoms with E-state index in [0.717, 1.165) is 85.3 Å². The predicted octanol–water partition coefficient (Wildman–Crippen LogP) is 8.62. The molecule has 1 spiro atoms. The van der Waals surface area contributed by atoms with Crippen LogP contribution in [-0.4, -0.2) is 55.5 Å². The molecule has 4 aliphatic carbocycles. The van der Waals surface area contributed by atoms with E-state index in [2.05, 4.69) is 0 Å². The fourth-order valence-corrected chi connectivity index (χ4v) is 10.2. The Morgan fingerprint density at radius 2 is 1.20 bits per heavy atom. The first-order valence-electron chi connectivity index (χ1n) is 19.4. The van der Waals surface area contributed by atoms with Gasteiger partial charge in [0, 0.05) is 24.1 Å². The number of nitro groups is 2. The first kappa shape index (κ1) is 34.9. The minimum Gasteiger partial charge on any atom is -0.481 e. The minimum atomic E-state index is -1.73. The molecule has 9 rings (SSSR count). The monoisotopic (exact) mass is 740 g/mol. The predicted molar refractivity (Wildman–Crippen MR) is 204 cm³/mol. The van der Waals surface area contributed by atoms with E-state index in [-0.39, 0.29) is 30.3 Å². The summed E-state index contributed by atoms with van der Waals surface area (Å²) in [6.45, 7) is 0.245. The quantitative estimate of drug-likeness (QED) is 0.0622. The highest BCUT2D eigenvalue weighted by Gasteiger charge is 2.92. The molecule has 1 heterocycles. The summed E-state index contributed by atoms with van der Waals surface area (Å²) in [5, 5.41) is 37.2. The highest BCUT2D eigenvalue weighted by molar-refractivity contribution is 6.14. The van der Waals surface area contributed by atoms with Gasteiger partial charge in [0.1, 0.15) is 29.7 Å². The standard InChI is InChI=1S/C44H41N3O8/c48-41(54-32-14-3-1-4-15-32)40-43(37-21-11-9-19-35(37)36-20-10-12-22-38(36)43)44(40,42(49)55-33-16-5-2-6-17-33)45-24-23-28-13-7-8-18-34(28)39(45)29-25-30(46(50)51)27-31(26-29)47(52)53/h7-13,18-22,25-27,32-33H,1-6,14-17,23-24H2/p+1/b41-40+. The van der Waals surface area contributed by atoms with E-state index in [9.17, 15) is 25.3 Å². The molecule has 5 aliphatic rings. The van der Waals surface area contributed by atoms with Crippen molar-refractivity contribution in [1.29, 1.82) is 0 Å². The average Bonchev–Trinajstić information content (AvgIpc) is 3.77. The van der Waals surface area contributed by atoms with Gasteiger partial charge in [-0.2, -0.15) is 0 Å². The Labute approximate surface area is 318 Å². The Morgan fingerprint density at radius 1 is 0.691 bits per heavy atom. The molecular formula is C44H42N3O8+. The Balaban J connectivity index is 1.41.